The monoisotopic (exact) mass is 246 g/mol. The van der Waals surface area contributed by atoms with Crippen molar-refractivity contribution in [2.45, 2.75) is 33.1 Å². The van der Waals surface area contributed by atoms with Crippen LogP contribution in [0.3, 0.4) is 0 Å². The molecular weight excluding hydrogens is 224 g/mol. The van der Waals surface area contributed by atoms with Crippen molar-refractivity contribution in [1.82, 2.24) is 9.88 Å². The maximum Gasteiger partial charge on any atom is 0.225 e. The Bertz CT molecular complexity index is 389. The van der Waals surface area contributed by atoms with E-state index in [9.17, 15) is 4.79 Å². The smallest absolute Gasteiger partial charge is 0.225 e. The molecule has 1 atom stereocenters. The van der Waals surface area contributed by atoms with Gasteiger partial charge in [-0.15, -0.1) is 0 Å². The summed E-state index contributed by atoms with van der Waals surface area (Å²) in [5.41, 5.74) is 1.28. The average Bonchev–Trinajstić information content (AvgIpc) is 2.39. The standard InChI is InChI=1S/C15H22N2O/c1-12(2)15(18)17-8-4-6-14(11-17)9-13-5-3-7-16-10-13/h3,5,7,10,12,14H,4,6,8-9,11H2,1-2H3/t14-/m0/s1. The summed E-state index contributed by atoms with van der Waals surface area (Å²) in [4.78, 5) is 18.2. The molecule has 18 heavy (non-hydrogen) atoms. The minimum Gasteiger partial charge on any atom is -0.342 e. The van der Waals surface area contributed by atoms with Crippen molar-refractivity contribution in [2.24, 2.45) is 11.8 Å². The molecular formula is C15H22N2O. The molecule has 1 aliphatic heterocycles. The molecule has 1 aromatic rings. The van der Waals surface area contributed by atoms with Gasteiger partial charge in [0.05, 0.1) is 0 Å². The number of rotatable bonds is 3. The summed E-state index contributed by atoms with van der Waals surface area (Å²) in [6, 6.07) is 4.10. The van der Waals surface area contributed by atoms with E-state index in [0.717, 1.165) is 25.9 Å². The molecule has 1 amide bonds. The number of carbonyl (C=O) groups excluding carboxylic acids is 1. The first kappa shape index (κ1) is 13.1. The van der Waals surface area contributed by atoms with Crippen molar-refractivity contribution in [2.75, 3.05) is 13.1 Å². The molecule has 1 fully saturated rings. The van der Waals surface area contributed by atoms with Crippen LogP contribution in [0.1, 0.15) is 32.3 Å². The fraction of sp³-hybridized carbons (Fsp3) is 0.600. The summed E-state index contributed by atoms with van der Waals surface area (Å²) in [7, 11) is 0. The number of hydrogen-bond donors (Lipinski definition) is 0. The highest BCUT2D eigenvalue weighted by Crippen LogP contribution is 2.21. The zero-order chi connectivity index (χ0) is 13.0. The predicted molar refractivity (Wildman–Crippen MR) is 72.1 cm³/mol. The molecule has 2 heterocycles. The van der Waals surface area contributed by atoms with Gasteiger partial charge >= 0.3 is 0 Å². The lowest BCUT2D eigenvalue weighted by atomic mass is 9.91. The summed E-state index contributed by atoms with van der Waals surface area (Å²) in [5, 5.41) is 0. The van der Waals surface area contributed by atoms with Gasteiger partial charge in [-0.3, -0.25) is 9.78 Å². The lowest BCUT2D eigenvalue weighted by Crippen LogP contribution is -2.42. The van der Waals surface area contributed by atoms with E-state index in [1.54, 1.807) is 6.20 Å². The van der Waals surface area contributed by atoms with Crippen LogP contribution in [-0.4, -0.2) is 28.9 Å². The van der Waals surface area contributed by atoms with Crippen LogP contribution in [-0.2, 0) is 11.2 Å². The van der Waals surface area contributed by atoms with Gasteiger partial charge in [-0.25, -0.2) is 0 Å². The fourth-order valence-corrected chi connectivity index (χ4v) is 2.65. The first-order valence-corrected chi connectivity index (χ1v) is 6.84. The molecule has 0 aliphatic carbocycles. The fourth-order valence-electron chi connectivity index (χ4n) is 2.65. The molecule has 3 heteroatoms. The van der Waals surface area contributed by atoms with Gasteiger partial charge in [0.15, 0.2) is 0 Å². The Labute approximate surface area is 109 Å². The second-order valence-electron chi connectivity index (χ2n) is 5.51. The molecule has 1 aromatic heterocycles. The van der Waals surface area contributed by atoms with E-state index in [2.05, 4.69) is 11.1 Å². The van der Waals surface area contributed by atoms with Crippen LogP contribution < -0.4 is 0 Å². The minimum absolute atomic E-state index is 0.113. The molecule has 2 rings (SSSR count). The number of pyridine rings is 1. The van der Waals surface area contributed by atoms with Crippen molar-refractivity contribution in [3.8, 4) is 0 Å². The van der Waals surface area contributed by atoms with Gasteiger partial charge < -0.3 is 4.90 Å². The second kappa shape index (κ2) is 5.98. The highest BCUT2D eigenvalue weighted by molar-refractivity contribution is 5.78. The van der Waals surface area contributed by atoms with Crippen molar-refractivity contribution < 1.29 is 4.79 Å². The molecule has 0 bridgehead atoms. The first-order valence-electron chi connectivity index (χ1n) is 6.84. The van der Waals surface area contributed by atoms with Crippen LogP contribution in [0.25, 0.3) is 0 Å². The van der Waals surface area contributed by atoms with Crippen molar-refractivity contribution in [1.29, 1.82) is 0 Å². The van der Waals surface area contributed by atoms with Crippen LogP contribution in [0, 0.1) is 11.8 Å². The number of aromatic nitrogens is 1. The largest absolute Gasteiger partial charge is 0.342 e. The molecule has 1 saturated heterocycles. The molecule has 0 unspecified atom stereocenters. The summed E-state index contributed by atoms with van der Waals surface area (Å²) >= 11 is 0. The third-order valence-corrected chi connectivity index (χ3v) is 3.57. The molecule has 0 saturated carbocycles. The summed E-state index contributed by atoms with van der Waals surface area (Å²) in [5.74, 6) is 0.999. The average molecular weight is 246 g/mol. The zero-order valence-corrected chi connectivity index (χ0v) is 11.3. The molecule has 0 aromatic carbocycles. The van der Waals surface area contributed by atoms with Gasteiger partial charge in [0.25, 0.3) is 0 Å². The van der Waals surface area contributed by atoms with E-state index < -0.39 is 0 Å². The van der Waals surface area contributed by atoms with Crippen molar-refractivity contribution >= 4 is 5.91 Å². The van der Waals surface area contributed by atoms with Crippen molar-refractivity contribution in [3.63, 3.8) is 0 Å². The van der Waals surface area contributed by atoms with Gasteiger partial charge in [-0.05, 0) is 36.8 Å². The number of piperidine rings is 1. The Morgan fingerprint density at radius 1 is 1.56 bits per heavy atom. The Hall–Kier alpha value is -1.38. The number of carbonyl (C=O) groups is 1. The first-order chi connectivity index (χ1) is 8.66. The maximum atomic E-state index is 12.0. The Kier molecular flexibility index (Phi) is 4.34. The highest BCUT2D eigenvalue weighted by Gasteiger charge is 2.25. The lowest BCUT2D eigenvalue weighted by Gasteiger charge is -2.34. The van der Waals surface area contributed by atoms with Gasteiger partial charge in [0.1, 0.15) is 0 Å². The predicted octanol–water partition coefficient (Wildman–Crippen LogP) is 2.52. The van der Waals surface area contributed by atoms with Crippen LogP contribution >= 0.6 is 0 Å². The van der Waals surface area contributed by atoms with E-state index in [1.165, 1.54) is 12.0 Å². The van der Waals surface area contributed by atoms with E-state index in [1.807, 2.05) is 31.0 Å². The van der Waals surface area contributed by atoms with Crippen LogP contribution in [0.2, 0.25) is 0 Å². The lowest BCUT2D eigenvalue weighted by molar-refractivity contribution is -0.136. The van der Waals surface area contributed by atoms with Gasteiger partial charge in [-0.2, -0.15) is 0 Å². The van der Waals surface area contributed by atoms with Crippen LogP contribution in [0.5, 0.6) is 0 Å². The normalized spacial score (nSPS) is 20.2. The molecule has 3 nitrogen and oxygen atoms in total. The quantitative estimate of drug-likeness (QED) is 0.821. The third kappa shape index (κ3) is 3.31. The van der Waals surface area contributed by atoms with E-state index in [-0.39, 0.29) is 5.92 Å². The topological polar surface area (TPSA) is 33.2 Å². The van der Waals surface area contributed by atoms with Gasteiger partial charge in [0, 0.05) is 31.4 Å². The molecule has 98 valence electrons. The van der Waals surface area contributed by atoms with Crippen LogP contribution in [0.15, 0.2) is 24.5 Å². The molecule has 0 spiro atoms. The van der Waals surface area contributed by atoms with E-state index in [4.69, 9.17) is 0 Å². The molecule has 0 N–H and O–H groups in total. The second-order valence-corrected chi connectivity index (χ2v) is 5.51. The Morgan fingerprint density at radius 3 is 3.06 bits per heavy atom. The van der Waals surface area contributed by atoms with Gasteiger partial charge in [-0.1, -0.05) is 19.9 Å². The van der Waals surface area contributed by atoms with E-state index in [0.29, 0.717) is 11.8 Å². The molecule has 1 aliphatic rings. The summed E-state index contributed by atoms with van der Waals surface area (Å²) in [6.07, 6.45) is 7.12. The van der Waals surface area contributed by atoms with E-state index >= 15 is 0 Å². The third-order valence-electron chi connectivity index (χ3n) is 3.57. The maximum absolute atomic E-state index is 12.0. The number of likely N-dealkylation sites (tertiary alicyclic amines) is 1. The molecule has 0 radical (unpaired) electrons. The minimum atomic E-state index is 0.113. The number of hydrogen-bond acceptors (Lipinski definition) is 2. The highest BCUT2D eigenvalue weighted by atomic mass is 16.2. The zero-order valence-electron chi connectivity index (χ0n) is 11.3. The van der Waals surface area contributed by atoms with Crippen molar-refractivity contribution in [3.05, 3.63) is 30.1 Å². The number of nitrogens with zero attached hydrogens (tertiary/aromatic N) is 2. The summed E-state index contributed by atoms with van der Waals surface area (Å²) < 4.78 is 0. The SMILES string of the molecule is CC(C)C(=O)N1CCC[C@@H](Cc2cccnc2)C1. The number of amides is 1. The summed E-state index contributed by atoms with van der Waals surface area (Å²) in [6.45, 7) is 5.80. The van der Waals surface area contributed by atoms with Crippen LogP contribution in [0.4, 0.5) is 0 Å². The van der Waals surface area contributed by atoms with Gasteiger partial charge in [0.2, 0.25) is 5.91 Å². The Morgan fingerprint density at radius 2 is 2.39 bits per heavy atom. The Balaban J connectivity index is 1.93.